The Labute approximate surface area is 103 Å². The van der Waals surface area contributed by atoms with Crippen LogP contribution >= 0.6 is 0 Å². The molecule has 4 unspecified atom stereocenters. The van der Waals surface area contributed by atoms with Crippen molar-refractivity contribution in [1.82, 2.24) is 0 Å². The molecule has 0 spiro atoms. The Kier molecular flexibility index (Phi) is 4.07. The number of hydrogen-bond donors (Lipinski definition) is 1. The maximum atomic E-state index is 12.2. The van der Waals surface area contributed by atoms with E-state index < -0.39 is 9.84 Å². The molecule has 2 N–H and O–H groups in total. The van der Waals surface area contributed by atoms with Crippen LogP contribution in [0.4, 0.5) is 0 Å². The van der Waals surface area contributed by atoms with Gasteiger partial charge in [0.25, 0.3) is 0 Å². The molecular formula is C11H21NO4S. The molecule has 5 nitrogen and oxygen atoms in total. The second kappa shape index (κ2) is 5.22. The van der Waals surface area contributed by atoms with Crippen molar-refractivity contribution in [3.05, 3.63) is 0 Å². The smallest absolute Gasteiger partial charge is 0.157 e. The zero-order valence-corrected chi connectivity index (χ0v) is 11.0. The third-order valence-electron chi connectivity index (χ3n) is 3.76. The van der Waals surface area contributed by atoms with E-state index >= 15 is 0 Å². The Bertz CT molecular complexity index is 350. The molecule has 2 heterocycles. The lowest BCUT2D eigenvalue weighted by Crippen LogP contribution is -2.42. The normalized spacial score (nSPS) is 36.2. The molecule has 0 aromatic carbocycles. The molecule has 2 aliphatic rings. The number of sulfone groups is 1. The van der Waals surface area contributed by atoms with Crippen LogP contribution in [0.2, 0.25) is 0 Å². The predicted molar refractivity (Wildman–Crippen MR) is 64.5 cm³/mol. The molecule has 0 aromatic rings. The summed E-state index contributed by atoms with van der Waals surface area (Å²) in [5, 5.41) is -0.379. The van der Waals surface area contributed by atoms with Gasteiger partial charge in [-0.2, -0.15) is 0 Å². The van der Waals surface area contributed by atoms with Crippen molar-refractivity contribution in [2.24, 2.45) is 11.7 Å². The number of rotatable bonds is 4. The third kappa shape index (κ3) is 2.99. The van der Waals surface area contributed by atoms with E-state index in [-0.39, 0.29) is 29.1 Å². The van der Waals surface area contributed by atoms with Gasteiger partial charge >= 0.3 is 0 Å². The third-order valence-corrected chi connectivity index (χ3v) is 6.15. The van der Waals surface area contributed by atoms with Crippen molar-refractivity contribution in [3.63, 3.8) is 0 Å². The minimum Gasteiger partial charge on any atom is -0.381 e. The molecule has 2 rings (SSSR count). The topological polar surface area (TPSA) is 78.6 Å². The van der Waals surface area contributed by atoms with Gasteiger partial charge in [0, 0.05) is 25.2 Å². The van der Waals surface area contributed by atoms with Crippen molar-refractivity contribution in [1.29, 1.82) is 0 Å². The van der Waals surface area contributed by atoms with Gasteiger partial charge in [-0.1, -0.05) is 0 Å². The Balaban J connectivity index is 1.96. The van der Waals surface area contributed by atoms with Gasteiger partial charge in [0.05, 0.1) is 23.7 Å². The lowest BCUT2D eigenvalue weighted by Gasteiger charge is -2.21. The van der Waals surface area contributed by atoms with E-state index in [1.54, 1.807) is 0 Å². The van der Waals surface area contributed by atoms with Crippen LogP contribution < -0.4 is 5.73 Å². The SMILES string of the molecule is CC1OCCC1S(=O)(=O)CC(N)C1CCOC1. The van der Waals surface area contributed by atoms with E-state index in [2.05, 4.69) is 0 Å². The van der Waals surface area contributed by atoms with Crippen LogP contribution in [0.25, 0.3) is 0 Å². The molecule has 2 saturated heterocycles. The molecule has 0 bridgehead atoms. The fourth-order valence-electron chi connectivity index (χ4n) is 2.60. The maximum Gasteiger partial charge on any atom is 0.157 e. The molecule has 2 fully saturated rings. The molecule has 4 atom stereocenters. The van der Waals surface area contributed by atoms with Gasteiger partial charge in [0.1, 0.15) is 0 Å². The number of ether oxygens (including phenoxy) is 2. The number of hydrogen-bond acceptors (Lipinski definition) is 5. The minimum atomic E-state index is -3.15. The average Bonchev–Trinajstić information content (AvgIpc) is 2.85. The largest absolute Gasteiger partial charge is 0.381 e. The fourth-order valence-corrected chi connectivity index (χ4v) is 4.78. The molecule has 6 heteroatoms. The van der Waals surface area contributed by atoms with Crippen molar-refractivity contribution < 1.29 is 17.9 Å². The summed E-state index contributed by atoms with van der Waals surface area (Å²) in [4.78, 5) is 0. The van der Waals surface area contributed by atoms with Gasteiger partial charge in [-0.15, -0.1) is 0 Å². The Morgan fingerprint density at radius 1 is 1.35 bits per heavy atom. The van der Waals surface area contributed by atoms with E-state index in [1.165, 1.54) is 0 Å². The van der Waals surface area contributed by atoms with Gasteiger partial charge in [0.2, 0.25) is 0 Å². The summed E-state index contributed by atoms with van der Waals surface area (Å²) in [5.41, 5.74) is 5.98. The molecule has 0 radical (unpaired) electrons. The van der Waals surface area contributed by atoms with Crippen molar-refractivity contribution in [2.75, 3.05) is 25.6 Å². The molecule has 100 valence electrons. The van der Waals surface area contributed by atoms with E-state index in [1.807, 2.05) is 6.92 Å². The minimum absolute atomic E-state index is 0.0550. The van der Waals surface area contributed by atoms with Crippen molar-refractivity contribution in [2.45, 2.75) is 37.2 Å². The lowest BCUT2D eigenvalue weighted by molar-refractivity contribution is 0.126. The summed E-state index contributed by atoms with van der Waals surface area (Å²) >= 11 is 0. The first-order valence-corrected chi connectivity index (χ1v) is 7.89. The van der Waals surface area contributed by atoms with Crippen molar-refractivity contribution in [3.8, 4) is 0 Å². The van der Waals surface area contributed by atoms with Gasteiger partial charge in [-0.25, -0.2) is 8.42 Å². The summed E-state index contributed by atoms with van der Waals surface area (Å²) in [5.74, 6) is 0.238. The summed E-state index contributed by atoms with van der Waals surface area (Å²) in [6, 6.07) is -0.310. The summed E-state index contributed by atoms with van der Waals surface area (Å²) in [6.45, 7) is 3.64. The van der Waals surface area contributed by atoms with E-state index in [4.69, 9.17) is 15.2 Å². The highest BCUT2D eigenvalue weighted by molar-refractivity contribution is 7.92. The monoisotopic (exact) mass is 263 g/mol. The Hall–Kier alpha value is -0.170. The van der Waals surface area contributed by atoms with Gasteiger partial charge in [0.15, 0.2) is 9.84 Å². The van der Waals surface area contributed by atoms with Crippen LogP contribution in [0, 0.1) is 5.92 Å². The standard InChI is InChI=1S/C11H21NO4S/c1-8-11(3-5-16-8)17(13,14)7-10(12)9-2-4-15-6-9/h8-11H,2-7,12H2,1H3. The first-order valence-electron chi connectivity index (χ1n) is 6.17. The van der Waals surface area contributed by atoms with Crippen LogP contribution in [0.1, 0.15) is 19.8 Å². The molecule has 17 heavy (non-hydrogen) atoms. The summed E-state index contributed by atoms with van der Waals surface area (Å²) in [7, 11) is -3.15. The van der Waals surface area contributed by atoms with E-state index in [9.17, 15) is 8.42 Å². The van der Waals surface area contributed by atoms with E-state index in [0.717, 1.165) is 6.42 Å². The quantitative estimate of drug-likeness (QED) is 0.769. The molecule has 0 aliphatic carbocycles. The van der Waals surface area contributed by atoms with Crippen LogP contribution in [-0.4, -0.2) is 51.4 Å². The van der Waals surface area contributed by atoms with Gasteiger partial charge in [-0.05, 0) is 19.8 Å². The maximum absolute atomic E-state index is 12.2. The molecule has 2 aliphatic heterocycles. The summed E-state index contributed by atoms with van der Waals surface area (Å²) in [6.07, 6.45) is 1.26. The fraction of sp³-hybridized carbons (Fsp3) is 1.00. The van der Waals surface area contributed by atoms with Crippen molar-refractivity contribution >= 4 is 9.84 Å². The highest BCUT2D eigenvalue weighted by atomic mass is 32.2. The zero-order chi connectivity index (χ0) is 12.5. The molecule has 0 amide bonds. The van der Waals surface area contributed by atoms with Crippen LogP contribution in [0.15, 0.2) is 0 Å². The van der Waals surface area contributed by atoms with Crippen LogP contribution in [0.3, 0.4) is 0 Å². The second-order valence-corrected chi connectivity index (χ2v) is 7.28. The molecule has 0 saturated carbocycles. The lowest BCUT2D eigenvalue weighted by atomic mass is 10.0. The second-order valence-electron chi connectivity index (χ2n) is 5.02. The Morgan fingerprint density at radius 2 is 2.12 bits per heavy atom. The summed E-state index contributed by atoms with van der Waals surface area (Å²) < 4.78 is 35.0. The molecular weight excluding hydrogens is 242 g/mol. The molecule has 0 aromatic heterocycles. The highest BCUT2D eigenvalue weighted by Gasteiger charge is 2.38. The van der Waals surface area contributed by atoms with Gasteiger partial charge < -0.3 is 15.2 Å². The first kappa shape index (κ1) is 13.3. The highest BCUT2D eigenvalue weighted by Crippen LogP contribution is 2.24. The zero-order valence-electron chi connectivity index (χ0n) is 10.2. The van der Waals surface area contributed by atoms with Crippen LogP contribution in [-0.2, 0) is 19.3 Å². The predicted octanol–water partition coefficient (Wildman–Crippen LogP) is -0.0576. The average molecular weight is 263 g/mol. The Morgan fingerprint density at radius 3 is 2.65 bits per heavy atom. The van der Waals surface area contributed by atoms with Gasteiger partial charge in [-0.3, -0.25) is 0 Å². The first-order chi connectivity index (χ1) is 8.00. The van der Waals surface area contributed by atoms with E-state index in [0.29, 0.717) is 26.2 Å². The van der Waals surface area contributed by atoms with Crippen LogP contribution in [0.5, 0.6) is 0 Å². The number of nitrogens with two attached hydrogens (primary N) is 1.